The molecule has 0 aliphatic heterocycles. The SMILES string of the molecule is CCCNC(=O)[C@@H](CC)N(Cc1ccc(Cl)cc1)C(=O)CN(c1ccc(Oc2ccccc2)cc1)S(C)(=O)=O. The Morgan fingerprint density at radius 3 is 2.10 bits per heavy atom. The normalized spacial score (nSPS) is 11.9. The molecule has 0 saturated carbocycles. The lowest BCUT2D eigenvalue weighted by molar-refractivity contribution is -0.140. The molecular formula is C29H34ClN3O5S. The quantitative estimate of drug-likeness (QED) is 0.303. The number of sulfonamides is 1. The lowest BCUT2D eigenvalue weighted by atomic mass is 10.1. The van der Waals surface area contributed by atoms with E-state index >= 15 is 0 Å². The molecule has 1 atom stereocenters. The van der Waals surface area contributed by atoms with E-state index in [1.165, 1.54) is 4.90 Å². The zero-order valence-electron chi connectivity index (χ0n) is 22.3. The van der Waals surface area contributed by atoms with Crippen LogP contribution in [0.1, 0.15) is 32.3 Å². The maximum absolute atomic E-state index is 13.7. The van der Waals surface area contributed by atoms with Crippen molar-refractivity contribution in [2.24, 2.45) is 0 Å². The summed E-state index contributed by atoms with van der Waals surface area (Å²) in [6.45, 7) is 3.89. The van der Waals surface area contributed by atoms with E-state index in [-0.39, 0.29) is 12.5 Å². The van der Waals surface area contributed by atoms with Gasteiger partial charge in [0.1, 0.15) is 24.1 Å². The van der Waals surface area contributed by atoms with E-state index in [9.17, 15) is 18.0 Å². The predicted octanol–water partition coefficient (Wildman–Crippen LogP) is 5.23. The summed E-state index contributed by atoms with van der Waals surface area (Å²) in [6, 6.07) is 21.8. The minimum atomic E-state index is -3.84. The van der Waals surface area contributed by atoms with Gasteiger partial charge in [-0.15, -0.1) is 0 Å². The van der Waals surface area contributed by atoms with Crippen LogP contribution in [0.3, 0.4) is 0 Å². The molecule has 2 amide bonds. The lowest BCUT2D eigenvalue weighted by Crippen LogP contribution is -2.52. The molecule has 0 aromatic heterocycles. The van der Waals surface area contributed by atoms with Crippen LogP contribution in [-0.4, -0.2) is 50.5 Å². The third-order valence-corrected chi connectivity index (χ3v) is 7.38. The summed E-state index contributed by atoms with van der Waals surface area (Å²) < 4.78 is 32.4. The highest BCUT2D eigenvalue weighted by Crippen LogP contribution is 2.26. The summed E-state index contributed by atoms with van der Waals surface area (Å²) >= 11 is 6.02. The van der Waals surface area contributed by atoms with Crippen LogP contribution in [0.5, 0.6) is 11.5 Å². The molecule has 0 saturated heterocycles. The molecule has 8 nitrogen and oxygen atoms in total. The average molecular weight is 572 g/mol. The van der Waals surface area contributed by atoms with Gasteiger partial charge in [-0.3, -0.25) is 13.9 Å². The van der Waals surface area contributed by atoms with Crippen molar-refractivity contribution in [2.75, 3.05) is 23.7 Å². The first-order valence-electron chi connectivity index (χ1n) is 12.7. The van der Waals surface area contributed by atoms with Crippen LogP contribution >= 0.6 is 11.6 Å². The summed E-state index contributed by atoms with van der Waals surface area (Å²) in [7, 11) is -3.84. The summed E-state index contributed by atoms with van der Waals surface area (Å²) in [4.78, 5) is 28.1. The molecule has 3 aromatic rings. The third kappa shape index (κ3) is 8.73. The van der Waals surface area contributed by atoms with Crippen molar-refractivity contribution in [1.82, 2.24) is 10.2 Å². The number of rotatable bonds is 13. The van der Waals surface area contributed by atoms with Gasteiger partial charge in [0.05, 0.1) is 11.9 Å². The second-order valence-corrected chi connectivity index (χ2v) is 11.4. The number of carbonyl (C=O) groups excluding carboxylic acids is 2. The number of hydrogen-bond acceptors (Lipinski definition) is 5. The maximum Gasteiger partial charge on any atom is 0.244 e. The van der Waals surface area contributed by atoms with Crippen molar-refractivity contribution < 1.29 is 22.7 Å². The summed E-state index contributed by atoms with van der Waals surface area (Å²) in [6.07, 6.45) is 2.15. The van der Waals surface area contributed by atoms with Crippen LogP contribution in [0, 0.1) is 0 Å². The van der Waals surface area contributed by atoms with E-state index in [0.29, 0.717) is 35.2 Å². The van der Waals surface area contributed by atoms with Crippen LogP contribution in [0.2, 0.25) is 5.02 Å². The Hall–Kier alpha value is -3.56. The zero-order chi connectivity index (χ0) is 28.4. The summed E-state index contributed by atoms with van der Waals surface area (Å²) in [5, 5.41) is 3.40. The van der Waals surface area contributed by atoms with E-state index in [1.807, 2.05) is 44.2 Å². The maximum atomic E-state index is 13.7. The Balaban J connectivity index is 1.87. The third-order valence-electron chi connectivity index (χ3n) is 5.98. The molecule has 0 radical (unpaired) electrons. The largest absolute Gasteiger partial charge is 0.457 e. The van der Waals surface area contributed by atoms with Crippen LogP contribution in [0.15, 0.2) is 78.9 Å². The zero-order valence-corrected chi connectivity index (χ0v) is 23.9. The van der Waals surface area contributed by atoms with Crippen molar-refractivity contribution >= 4 is 39.1 Å². The molecule has 208 valence electrons. The van der Waals surface area contributed by atoms with Crippen molar-refractivity contribution in [3.05, 3.63) is 89.4 Å². The number of benzene rings is 3. The molecule has 0 bridgehead atoms. The van der Waals surface area contributed by atoms with Gasteiger partial charge in [-0.2, -0.15) is 0 Å². The van der Waals surface area contributed by atoms with Crippen molar-refractivity contribution in [3.63, 3.8) is 0 Å². The molecule has 0 fully saturated rings. The molecular weight excluding hydrogens is 538 g/mol. The molecule has 1 N–H and O–H groups in total. The summed E-state index contributed by atoms with van der Waals surface area (Å²) in [5.41, 5.74) is 1.07. The van der Waals surface area contributed by atoms with E-state index < -0.39 is 28.5 Å². The van der Waals surface area contributed by atoms with Gasteiger partial charge in [0.15, 0.2) is 0 Å². The van der Waals surface area contributed by atoms with Crippen molar-refractivity contribution in [2.45, 2.75) is 39.3 Å². The van der Waals surface area contributed by atoms with Gasteiger partial charge in [0.25, 0.3) is 0 Å². The molecule has 0 unspecified atom stereocenters. The number of nitrogens with one attached hydrogen (secondary N) is 1. The number of halogens is 1. The van der Waals surface area contributed by atoms with Crippen molar-refractivity contribution in [1.29, 1.82) is 0 Å². The van der Waals surface area contributed by atoms with Gasteiger partial charge >= 0.3 is 0 Å². The first-order chi connectivity index (χ1) is 18.6. The lowest BCUT2D eigenvalue weighted by Gasteiger charge is -2.33. The smallest absolute Gasteiger partial charge is 0.244 e. The van der Waals surface area contributed by atoms with E-state index in [1.54, 1.807) is 48.5 Å². The van der Waals surface area contributed by atoms with Crippen LogP contribution in [-0.2, 0) is 26.2 Å². The molecule has 3 rings (SSSR count). The highest BCUT2D eigenvalue weighted by atomic mass is 35.5. The number of carbonyl (C=O) groups is 2. The molecule has 0 aliphatic carbocycles. The Morgan fingerprint density at radius 2 is 1.54 bits per heavy atom. The Morgan fingerprint density at radius 1 is 0.923 bits per heavy atom. The molecule has 0 aliphatic rings. The van der Waals surface area contributed by atoms with Crippen LogP contribution in [0.25, 0.3) is 0 Å². The Kier molecular flexibility index (Phi) is 10.8. The van der Waals surface area contributed by atoms with Gasteiger partial charge in [-0.25, -0.2) is 8.42 Å². The highest BCUT2D eigenvalue weighted by Gasteiger charge is 2.31. The fraction of sp³-hybridized carbons (Fsp3) is 0.310. The van der Waals surface area contributed by atoms with Gasteiger partial charge in [-0.05, 0) is 66.9 Å². The Labute approximate surface area is 235 Å². The number of hydrogen-bond donors (Lipinski definition) is 1. The molecule has 0 heterocycles. The van der Waals surface area contributed by atoms with E-state index in [4.69, 9.17) is 16.3 Å². The number of anilines is 1. The van der Waals surface area contributed by atoms with Gasteiger partial charge in [-0.1, -0.05) is 55.8 Å². The standard InChI is InChI=1S/C29H34ClN3O5S/c1-4-19-31-29(35)27(5-2)32(20-22-11-13-23(30)14-12-22)28(34)21-33(39(3,36)37)24-15-17-26(18-16-24)38-25-9-7-6-8-10-25/h6-18,27H,4-5,19-21H2,1-3H3,(H,31,35)/t27-/m1/s1. The monoisotopic (exact) mass is 571 g/mol. The summed E-state index contributed by atoms with van der Waals surface area (Å²) in [5.74, 6) is 0.381. The average Bonchev–Trinajstić information content (AvgIpc) is 2.92. The van der Waals surface area contributed by atoms with E-state index in [2.05, 4.69) is 5.32 Å². The first kappa shape index (κ1) is 30.0. The van der Waals surface area contributed by atoms with E-state index in [0.717, 1.165) is 22.5 Å². The molecule has 0 spiro atoms. The number of amides is 2. The van der Waals surface area contributed by atoms with Gasteiger partial charge < -0.3 is 15.0 Å². The van der Waals surface area contributed by atoms with Gasteiger partial charge in [0.2, 0.25) is 21.8 Å². The molecule has 39 heavy (non-hydrogen) atoms. The van der Waals surface area contributed by atoms with Crippen molar-refractivity contribution in [3.8, 4) is 11.5 Å². The Bertz CT molecular complexity index is 1330. The van der Waals surface area contributed by atoms with Crippen LogP contribution < -0.4 is 14.4 Å². The minimum absolute atomic E-state index is 0.121. The molecule has 3 aromatic carbocycles. The topological polar surface area (TPSA) is 96.0 Å². The fourth-order valence-electron chi connectivity index (χ4n) is 3.99. The minimum Gasteiger partial charge on any atom is -0.457 e. The second kappa shape index (κ2) is 14.0. The molecule has 10 heteroatoms. The van der Waals surface area contributed by atoms with Gasteiger partial charge in [0, 0.05) is 18.1 Å². The number of nitrogens with zero attached hydrogens (tertiary/aromatic N) is 2. The predicted molar refractivity (Wildman–Crippen MR) is 155 cm³/mol. The number of ether oxygens (including phenoxy) is 1. The first-order valence-corrected chi connectivity index (χ1v) is 15.0. The van der Waals surface area contributed by atoms with Crippen LogP contribution in [0.4, 0.5) is 5.69 Å². The highest BCUT2D eigenvalue weighted by molar-refractivity contribution is 7.92. The number of para-hydroxylation sites is 1. The second-order valence-electron chi connectivity index (χ2n) is 9.04. The fourth-order valence-corrected chi connectivity index (χ4v) is 4.97.